The fourth-order valence-electron chi connectivity index (χ4n) is 2.19. The molecule has 0 atom stereocenters. The standard InChI is InChI=1S/C19H14N4OS/c1-23(2)19-8-6-15(24-19)5-3-13-4-7-16-17(9-13)25-18(22-16)10-14(11-20)12-21/h3-10H,1-2H3/b5-3+. The van der Waals surface area contributed by atoms with Crippen molar-refractivity contribution in [2.45, 2.75) is 0 Å². The lowest BCUT2D eigenvalue weighted by Gasteiger charge is -2.05. The second-order valence-corrected chi connectivity index (χ2v) is 6.53. The number of hydrogen-bond acceptors (Lipinski definition) is 6. The van der Waals surface area contributed by atoms with Crippen LogP contribution in [0.3, 0.4) is 0 Å². The lowest BCUT2D eigenvalue weighted by molar-refractivity contribution is 0.555. The average molecular weight is 346 g/mol. The highest BCUT2D eigenvalue weighted by Crippen LogP contribution is 2.26. The first kappa shape index (κ1) is 16.5. The van der Waals surface area contributed by atoms with Gasteiger partial charge in [0.05, 0.1) is 10.2 Å². The maximum Gasteiger partial charge on any atom is 0.195 e. The second kappa shape index (κ2) is 7.04. The van der Waals surface area contributed by atoms with Gasteiger partial charge in [0, 0.05) is 26.2 Å². The Balaban J connectivity index is 1.86. The number of rotatable bonds is 4. The first-order chi connectivity index (χ1) is 12.1. The molecule has 0 saturated heterocycles. The van der Waals surface area contributed by atoms with Crippen LogP contribution in [0.4, 0.5) is 5.88 Å². The SMILES string of the molecule is CN(C)c1ccc(/C=C/c2ccc3nc(C=C(C#N)C#N)sc3c2)o1. The predicted octanol–water partition coefficient (Wildman–Crippen LogP) is 4.56. The van der Waals surface area contributed by atoms with Gasteiger partial charge in [-0.25, -0.2) is 4.98 Å². The van der Waals surface area contributed by atoms with Crippen LogP contribution in [0.25, 0.3) is 28.4 Å². The Hall–Kier alpha value is -3.35. The van der Waals surface area contributed by atoms with Crippen molar-refractivity contribution < 1.29 is 4.42 Å². The van der Waals surface area contributed by atoms with E-state index in [0.717, 1.165) is 27.4 Å². The molecular formula is C19H14N4OS. The smallest absolute Gasteiger partial charge is 0.195 e. The van der Waals surface area contributed by atoms with E-state index in [-0.39, 0.29) is 5.57 Å². The Kier molecular flexibility index (Phi) is 4.65. The molecule has 122 valence electrons. The quantitative estimate of drug-likeness (QED) is 0.647. The van der Waals surface area contributed by atoms with Crippen LogP contribution < -0.4 is 4.90 Å². The second-order valence-electron chi connectivity index (χ2n) is 5.46. The monoisotopic (exact) mass is 346 g/mol. The molecule has 3 aromatic rings. The number of fused-ring (bicyclic) bond motifs is 1. The molecule has 6 heteroatoms. The third-order valence-electron chi connectivity index (χ3n) is 3.43. The van der Waals surface area contributed by atoms with E-state index in [1.807, 2.05) is 73.6 Å². The molecule has 3 rings (SSSR count). The van der Waals surface area contributed by atoms with E-state index < -0.39 is 0 Å². The van der Waals surface area contributed by atoms with E-state index in [2.05, 4.69) is 4.98 Å². The molecule has 25 heavy (non-hydrogen) atoms. The van der Waals surface area contributed by atoms with Gasteiger partial charge in [-0.05, 0) is 29.8 Å². The van der Waals surface area contributed by atoms with Crippen LogP contribution >= 0.6 is 11.3 Å². The van der Waals surface area contributed by atoms with Crippen molar-refractivity contribution in [1.29, 1.82) is 10.5 Å². The number of aromatic nitrogens is 1. The van der Waals surface area contributed by atoms with E-state index in [4.69, 9.17) is 14.9 Å². The van der Waals surface area contributed by atoms with Crippen molar-refractivity contribution in [2.24, 2.45) is 0 Å². The van der Waals surface area contributed by atoms with Crippen molar-refractivity contribution in [3.05, 3.63) is 52.2 Å². The summed E-state index contributed by atoms with van der Waals surface area (Å²) in [4.78, 5) is 6.33. The van der Waals surface area contributed by atoms with E-state index in [9.17, 15) is 0 Å². The first-order valence-electron chi connectivity index (χ1n) is 7.47. The highest BCUT2D eigenvalue weighted by molar-refractivity contribution is 7.19. The molecule has 0 radical (unpaired) electrons. The minimum absolute atomic E-state index is 0.0497. The zero-order chi connectivity index (χ0) is 17.8. The summed E-state index contributed by atoms with van der Waals surface area (Å²) < 4.78 is 6.68. The van der Waals surface area contributed by atoms with Crippen LogP contribution in [0.1, 0.15) is 16.3 Å². The average Bonchev–Trinajstić information content (AvgIpc) is 3.23. The van der Waals surface area contributed by atoms with Gasteiger partial charge in [0.2, 0.25) is 0 Å². The summed E-state index contributed by atoms with van der Waals surface area (Å²) in [6.45, 7) is 0. The zero-order valence-corrected chi connectivity index (χ0v) is 14.5. The highest BCUT2D eigenvalue weighted by atomic mass is 32.1. The van der Waals surface area contributed by atoms with E-state index in [1.165, 1.54) is 17.4 Å². The molecule has 0 bridgehead atoms. The van der Waals surface area contributed by atoms with Gasteiger partial charge in [-0.1, -0.05) is 12.1 Å². The largest absolute Gasteiger partial charge is 0.441 e. The molecule has 0 spiro atoms. The Morgan fingerprint density at radius 2 is 1.96 bits per heavy atom. The minimum atomic E-state index is 0.0497. The van der Waals surface area contributed by atoms with Gasteiger partial charge in [-0.15, -0.1) is 11.3 Å². The fourth-order valence-corrected chi connectivity index (χ4v) is 3.15. The van der Waals surface area contributed by atoms with Crippen molar-refractivity contribution in [1.82, 2.24) is 4.98 Å². The highest BCUT2D eigenvalue weighted by Gasteiger charge is 2.04. The van der Waals surface area contributed by atoms with E-state index >= 15 is 0 Å². The van der Waals surface area contributed by atoms with Gasteiger partial charge < -0.3 is 9.32 Å². The summed E-state index contributed by atoms with van der Waals surface area (Å²) in [6.07, 6.45) is 5.40. The number of furan rings is 1. The van der Waals surface area contributed by atoms with E-state index in [1.54, 1.807) is 0 Å². The minimum Gasteiger partial charge on any atom is -0.441 e. The summed E-state index contributed by atoms with van der Waals surface area (Å²) >= 11 is 1.45. The molecule has 0 aliphatic rings. The fraction of sp³-hybridized carbons (Fsp3) is 0.105. The number of benzene rings is 1. The Bertz CT molecular complexity index is 1040. The lowest BCUT2D eigenvalue weighted by Crippen LogP contribution is -2.06. The van der Waals surface area contributed by atoms with Crippen molar-refractivity contribution in [3.63, 3.8) is 0 Å². The topological polar surface area (TPSA) is 76.8 Å². The normalized spacial score (nSPS) is 10.6. The maximum absolute atomic E-state index is 8.84. The number of allylic oxidation sites excluding steroid dienone is 1. The molecule has 1 aromatic carbocycles. The number of nitriles is 2. The van der Waals surface area contributed by atoms with Gasteiger partial charge in [-0.3, -0.25) is 0 Å². The third-order valence-corrected chi connectivity index (χ3v) is 4.40. The van der Waals surface area contributed by atoms with Gasteiger partial charge >= 0.3 is 0 Å². The molecule has 0 aliphatic heterocycles. The Morgan fingerprint density at radius 1 is 1.16 bits per heavy atom. The summed E-state index contributed by atoms with van der Waals surface area (Å²) in [5.41, 5.74) is 1.92. The van der Waals surface area contributed by atoms with Crippen molar-refractivity contribution in [2.75, 3.05) is 19.0 Å². The van der Waals surface area contributed by atoms with Gasteiger partial charge in [0.25, 0.3) is 0 Å². The molecule has 2 aromatic heterocycles. The van der Waals surface area contributed by atoms with Crippen molar-refractivity contribution >= 4 is 45.7 Å². The molecule has 5 nitrogen and oxygen atoms in total. The molecule has 0 saturated carbocycles. The van der Waals surface area contributed by atoms with E-state index in [0.29, 0.717) is 5.01 Å². The van der Waals surface area contributed by atoms with Crippen LogP contribution in [0.15, 0.2) is 40.3 Å². The van der Waals surface area contributed by atoms with Crippen LogP contribution in [-0.4, -0.2) is 19.1 Å². The van der Waals surface area contributed by atoms with Gasteiger partial charge in [0.1, 0.15) is 28.5 Å². The summed E-state index contributed by atoms with van der Waals surface area (Å²) in [5.74, 6) is 1.59. The summed E-state index contributed by atoms with van der Waals surface area (Å²) in [6, 6.07) is 13.5. The first-order valence-corrected chi connectivity index (χ1v) is 8.28. The van der Waals surface area contributed by atoms with Gasteiger partial charge in [0.15, 0.2) is 5.88 Å². The number of nitrogens with zero attached hydrogens (tertiary/aromatic N) is 4. The molecule has 2 heterocycles. The van der Waals surface area contributed by atoms with Crippen LogP contribution in [0, 0.1) is 22.7 Å². The summed E-state index contributed by atoms with van der Waals surface area (Å²) in [5, 5.41) is 18.3. The predicted molar refractivity (Wildman–Crippen MR) is 101 cm³/mol. The maximum atomic E-state index is 8.84. The zero-order valence-electron chi connectivity index (χ0n) is 13.7. The lowest BCUT2D eigenvalue weighted by atomic mass is 10.2. The third kappa shape index (κ3) is 3.77. The molecule has 0 amide bonds. The summed E-state index contributed by atoms with van der Waals surface area (Å²) in [7, 11) is 3.86. The number of hydrogen-bond donors (Lipinski definition) is 0. The Morgan fingerprint density at radius 3 is 2.64 bits per heavy atom. The molecule has 0 N–H and O–H groups in total. The Labute approximate surface area is 149 Å². The van der Waals surface area contributed by atoms with Crippen molar-refractivity contribution in [3.8, 4) is 12.1 Å². The number of thiazole rings is 1. The molecule has 0 unspecified atom stereocenters. The molecule has 0 fully saturated rings. The van der Waals surface area contributed by atoms with Crippen LogP contribution in [0.5, 0.6) is 0 Å². The number of anilines is 1. The van der Waals surface area contributed by atoms with Crippen LogP contribution in [-0.2, 0) is 0 Å². The molecular weight excluding hydrogens is 332 g/mol. The van der Waals surface area contributed by atoms with Crippen LogP contribution in [0.2, 0.25) is 0 Å². The van der Waals surface area contributed by atoms with Gasteiger partial charge in [-0.2, -0.15) is 10.5 Å². The molecule has 0 aliphatic carbocycles.